The highest BCUT2D eigenvalue weighted by molar-refractivity contribution is 7.14. The van der Waals surface area contributed by atoms with Crippen LogP contribution in [0.1, 0.15) is 23.7 Å². The van der Waals surface area contributed by atoms with Gasteiger partial charge in [-0.2, -0.15) is 0 Å². The minimum Gasteiger partial charge on any atom is -0.321 e. The van der Waals surface area contributed by atoms with Gasteiger partial charge in [-0.25, -0.2) is 0 Å². The first-order chi connectivity index (χ1) is 11.5. The van der Waals surface area contributed by atoms with Crippen molar-refractivity contribution in [3.05, 3.63) is 63.0 Å². The molecule has 0 radical (unpaired) electrons. The van der Waals surface area contributed by atoms with Crippen LogP contribution in [0.4, 0.5) is 5.69 Å². The standard InChI is InChI=1S/C18H13Cl2NO2S/c1-10(22)16-15(21-18(23)11-4-2-3-5-11)9-24-17(16)12-6-7-13(19)14(20)8-12/h2,4-9H,3H2,1H3,(H,21,23). The number of anilines is 1. The average Bonchev–Trinajstić information content (AvgIpc) is 3.19. The lowest BCUT2D eigenvalue weighted by molar-refractivity contribution is -0.112. The molecule has 3 nitrogen and oxygen atoms in total. The maximum Gasteiger partial charge on any atom is 0.255 e. The molecule has 1 heterocycles. The summed E-state index contributed by atoms with van der Waals surface area (Å²) >= 11 is 13.4. The predicted octanol–water partition coefficient (Wildman–Crippen LogP) is 5.75. The first-order valence-electron chi connectivity index (χ1n) is 7.23. The van der Waals surface area contributed by atoms with E-state index in [0.29, 0.717) is 26.9 Å². The molecule has 0 spiro atoms. The predicted molar refractivity (Wildman–Crippen MR) is 100 cm³/mol. The van der Waals surface area contributed by atoms with Gasteiger partial charge in [0.2, 0.25) is 0 Å². The van der Waals surface area contributed by atoms with E-state index in [2.05, 4.69) is 5.32 Å². The smallest absolute Gasteiger partial charge is 0.255 e. The molecule has 0 unspecified atom stereocenters. The summed E-state index contributed by atoms with van der Waals surface area (Å²) in [5.74, 6) is -0.340. The van der Waals surface area contributed by atoms with Crippen LogP contribution in [-0.2, 0) is 4.79 Å². The van der Waals surface area contributed by atoms with Crippen LogP contribution in [-0.4, -0.2) is 11.7 Å². The van der Waals surface area contributed by atoms with Gasteiger partial charge in [0.1, 0.15) is 0 Å². The molecule has 1 aliphatic rings. The molecule has 1 amide bonds. The molecule has 1 aromatic carbocycles. The van der Waals surface area contributed by atoms with E-state index in [4.69, 9.17) is 23.2 Å². The van der Waals surface area contributed by atoms with E-state index in [0.717, 1.165) is 16.9 Å². The second-order valence-corrected chi connectivity index (χ2v) is 6.98. The second kappa shape index (κ2) is 6.93. The largest absolute Gasteiger partial charge is 0.321 e. The third-order valence-electron chi connectivity index (χ3n) is 3.61. The van der Waals surface area contributed by atoms with E-state index < -0.39 is 0 Å². The van der Waals surface area contributed by atoms with Gasteiger partial charge in [0, 0.05) is 15.8 Å². The number of thiophene rings is 1. The quantitative estimate of drug-likeness (QED) is 0.689. The van der Waals surface area contributed by atoms with Crippen LogP contribution in [0, 0.1) is 0 Å². The Morgan fingerprint density at radius 1 is 1.21 bits per heavy atom. The number of halogens is 2. The molecule has 6 heteroatoms. The Morgan fingerprint density at radius 2 is 2.00 bits per heavy atom. The zero-order chi connectivity index (χ0) is 17.3. The number of hydrogen-bond acceptors (Lipinski definition) is 3. The molecule has 2 aromatic rings. The van der Waals surface area contributed by atoms with Gasteiger partial charge in [-0.15, -0.1) is 11.3 Å². The fourth-order valence-electron chi connectivity index (χ4n) is 2.47. The average molecular weight is 378 g/mol. The highest BCUT2D eigenvalue weighted by atomic mass is 35.5. The summed E-state index contributed by atoms with van der Waals surface area (Å²) in [6.45, 7) is 1.48. The highest BCUT2D eigenvalue weighted by Crippen LogP contribution is 2.38. The molecule has 0 atom stereocenters. The molecule has 0 fully saturated rings. The first kappa shape index (κ1) is 17.0. The minimum atomic E-state index is -0.218. The lowest BCUT2D eigenvalue weighted by Crippen LogP contribution is -2.14. The number of carbonyl (C=O) groups is 2. The van der Waals surface area contributed by atoms with Gasteiger partial charge >= 0.3 is 0 Å². The normalized spacial score (nSPS) is 13.0. The Hall–Kier alpha value is -1.88. The molecular formula is C18H13Cl2NO2S. The number of nitrogens with one attached hydrogen (secondary N) is 1. The van der Waals surface area contributed by atoms with Crippen molar-refractivity contribution in [1.82, 2.24) is 0 Å². The number of carbonyl (C=O) groups excluding carboxylic acids is 2. The number of rotatable bonds is 4. The van der Waals surface area contributed by atoms with Crippen LogP contribution >= 0.6 is 34.5 Å². The van der Waals surface area contributed by atoms with Crippen molar-refractivity contribution in [3.8, 4) is 10.4 Å². The van der Waals surface area contributed by atoms with Crippen LogP contribution in [0.2, 0.25) is 10.0 Å². The van der Waals surface area contributed by atoms with Gasteiger partial charge in [-0.05, 0) is 31.0 Å². The molecule has 1 aliphatic carbocycles. The van der Waals surface area contributed by atoms with Gasteiger partial charge in [-0.1, -0.05) is 47.5 Å². The topological polar surface area (TPSA) is 46.2 Å². The molecule has 3 rings (SSSR count). The second-order valence-electron chi connectivity index (χ2n) is 5.29. The monoisotopic (exact) mass is 377 g/mol. The summed E-state index contributed by atoms with van der Waals surface area (Å²) in [6, 6.07) is 5.21. The van der Waals surface area contributed by atoms with Crippen molar-refractivity contribution in [2.45, 2.75) is 13.3 Å². The Morgan fingerprint density at radius 3 is 2.62 bits per heavy atom. The Bertz CT molecular complexity index is 896. The van der Waals surface area contributed by atoms with Gasteiger partial charge in [0.05, 0.1) is 21.3 Å². The van der Waals surface area contributed by atoms with E-state index in [1.807, 2.05) is 12.2 Å². The van der Waals surface area contributed by atoms with Crippen LogP contribution in [0.3, 0.4) is 0 Å². The van der Waals surface area contributed by atoms with Crippen molar-refractivity contribution in [2.75, 3.05) is 5.32 Å². The molecule has 122 valence electrons. The van der Waals surface area contributed by atoms with Gasteiger partial charge in [-0.3, -0.25) is 9.59 Å². The molecule has 24 heavy (non-hydrogen) atoms. The lowest BCUT2D eigenvalue weighted by atomic mass is 10.1. The van der Waals surface area contributed by atoms with Crippen molar-refractivity contribution >= 4 is 51.9 Å². The van der Waals surface area contributed by atoms with Crippen LogP contribution in [0.5, 0.6) is 0 Å². The molecule has 0 saturated carbocycles. The number of ketones is 1. The lowest BCUT2D eigenvalue weighted by Gasteiger charge is -2.07. The van der Waals surface area contributed by atoms with Crippen molar-refractivity contribution < 1.29 is 9.59 Å². The van der Waals surface area contributed by atoms with Crippen LogP contribution < -0.4 is 5.32 Å². The number of Topliss-reactive ketones (excluding diaryl/α,β-unsaturated/α-hetero) is 1. The summed E-state index contributed by atoms with van der Waals surface area (Å²) in [4.78, 5) is 25.2. The van der Waals surface area contributed by atoms with Gasteiger partial charge < -0.3 is 5.32 Å². The van der Waals surface area contributed by atoms with E-state index >= 15 is 0 Å². The number of hydrogen-bond donors (Lipinski definition) is 1. The van der Waals surface area contributed by atoms with E-state index in [1.54, 1.807) is 29.7 Å². The molecule has 1 aromatic heterocycles. The van der Waals surface area contributed by atoms with Crippen LogP contribution in [0.25, 0.3) is 10.4 Å². The van der Waals surface area contributed by atoms with Gasteiger partial charge in [0.15, 0.2) is 5.78 Å². The summed E-state index contributed by atoms with van der Waals surface area (Å²) in [5, 5.41) is 5.47. The maximum atomic E-state index is 12.3. The molecule has 0 saturated heterocycles. The van der Waals surface area contributed by atoms with Crippen LogP contribution in [0.15, 0.2) is 47.4 Å². The molecule has 0 aliphatic heterocycles. The Balaban J connectivity index is 1.98. The van der Waals surface area contributed by atoms with Gasteiger partial charge in [0.25, 0.3) is 5.91 Å². The van der Waals surface area contributed by atoms with E-state index in [9.17, 15) is 9.59 Å². The summed E-state index contributed by atoms with van der Waals surface area (Å²) in [5.41, 5.74) is 2.39. The fraction of sp³-hybridized carbons (Fsp3) is 0.111. The third-order valence-corrected chi connectivity index (χ3v) is 5.37. The highest BCUT2D eigenvalue weighted by Gasteiger charge is 2.20. The van der Waals surface area contributed by atoms with E-state index in [-0.39, 0.29) is 11.7 Å². The maximum absolute atomic E-state index is 12.3. The summed E-state index contributed by atoms with van der Waals surface area (Å²) in [6.07, 6.45) is 6.28. The summed E-state index contributed by atoms with van der Waals surface area (Å²) < 4.78 is 0. The fourth-order valence-corrected chi connectivity index (χ4v) is 3.82. The van der Waals surface area contributed by atoms with E-state index in [1.165, 1.54) is 18.3 Å². The molecular weight excluding hydrogens is 365 g/mol. The number of benzene rings is 1. The molecule has 0 bridgehead atoms. The third kappa shape index (κ3) is 3.31. The number of amides is 1. The molecule has 1 N–H and O–H groups in total. The van der Waals surface area contributed by atoms with Crippen molar-refractivity contribution in [3.63, 3.8) is 0 Å². The Labute approximate surface area is 153 Å². The SMILES string of the molecule is CC(=O)c1c(NC(=O)C2=CCC=C2)csc1-c1ccc(Cl)c(Cl)c1. The summed E-state index contributed by atoms with van der Waals surface area (Å²) in [7, 11) is 0. The number of allylic oxidation sites excluding steroid dienone is 2. The zero-order valence-corrected chi connectivity index (χ0v) is 15.1. The first-order valence-corrected chi connectivity index (χ1v) is 8.87. The van der Waals surface area contributed by atoms with Crippen molar-refractivity contribution in [1.29, 1.82) is 0 Å². The minimum absolute atomic E-state index is 0.122. The zero-order valence-electron chi connectivity index (χ0n) is 12.7. The Kier molecular flexibility index (Phi) is 4.90. The van der Waals surface area contributed by atoms with Crippen molar-refractivity contribution in [2.24, 2.45) is 0 Å².